The van der Waals surface area contributed by atoms with Crippen LogP contribution in [0.2, 0.25) is 0 Å². The van der Waals surface area contributed by atoms with Crippen LogP contribution < -0.4 is 5.32 Å². The topological polar surface area (TPSA) is 49.6 Å². The maximum Gasteiger partial charge on any atom is 0.137 e. The molecule has 0 unspecified atom stereocenters. The molecule has 2 aromatic heterocycles. The van der Waals surface area contributed by atoms with Crippen molar-refractivity contribution in [3.63, 3.8) is 0 Å². The zero-order chi connectivity index (χ0) is 11.4. The van der Waals surface area contributed by atoms with Crippen LogP contribution in [0.4, 0.5) is 0 Å². The van der Waals surface area contributed by atoms with Crippen molar-refractivity contribution < 1.29 is 5.11 Å². The number of hydrogen-bond donors (Lipinski definition) is 2. The Morgan fingerprint density at radius 3 is 3.06 bits per heavy atom. The molecule has 2 rings (SSSR count). The number of aliphatic hydroxyl groups is 1. The molecule has 0 saturated heterocycles. The minimum atomic E-state index is 0.157. The molecule has 0 amide bonds. The molecule has 0 aromatic carbocycles. The molecule has 0 bridgehead atoms. The van der Waals surface area contributed by atoms with Crippen LogP contribution in [0, 0.1) is 0 Å². The lowest BCUT2D eigenvalue weighted by Gasteiger charge is -2.12. The molecule has 86 valence electrons. The van der Waals surface area contributed by atoms with Gasteiger partial charge in [0.25, 0.3) is 0 Å². The van der Waals surface area contributed by atoms with E-state index in [0.717, 1.165) is 17.8 Å². The van der Waals surface area contributed by atoms with E-state index in [0.29, 0.717) is 6.54 Å². The van der Waals surface area contributed by atoms with Gasteiger partial charge in [-0.05, 0) is 18.6 Å². The lowest BCUT2D eigenvalue weighted by atomic mass is 10.2. The van der Waals surface area contributed by atoms with Crippen molar-refractivity contribution in [2.75, 3.05) is 6.61 Å². The SMILES string of the molecule is CC[C@@H](CO)NCc1cn2ccccc2n1. The Hall–Kier alpha value is -1.39. The van der Waals surface area contributed by atoms with Crippen LogP contribution >= 0.6 is 0 Å². The van der Waals surface area contributed by atoms with E-state index in [1.54, 1.807) is 0 Å². The average Bonchev–Trinajstić information content (AvgIpc) is 2.73. The highest BCUT2D eigenvalue weighted by molar-refractivity contribution is 5.39. The first-order valence-electron chi connectivity index (χ1n) is 5.60. The largest absolute Gasteiger partial charge is 0.395 e. The number of imidazole rings is 1. The fourth-order valence-electron chi connectivity index (χ4n) is 1.66. The number of fused-ring (bicyclic) bond motifs is 1. The normalized spacial score (nSPS) is 13.1. The van der Waals surface area contributed by atoms with Gasteiger partial charge in [-0.1, -0.05) is 13.0 Å². The van der Waals surface area contributed by atoms with Crippen LogP contribution in [0.5, 0.6) is 0 Å². The highest BCUT2D eigenvalue weighted by Crippen LogP contribution is 2.04. The average molecular weight is 219 g/mol. The Labute approximate surface area is 94.9 Å². The summed E-state index contributed by atoms with van der Waals surface area (Å²) in [5, 5.41) is 12.3. The van der Waals surface area contributed by atoms with Crippen molar-refractivity contribution >= 4 is 5.65 Å². The molecule has 0 saturated carbocycles. The van der Waals surface area contributed by atoms with Gasteiger partial charge < -0.3 is 14.8 Å². The molecule has 0 aliphatic rings. The number of nitrogens with one attached hydrogen (secondary N) is 1. The Balaban J connectivity index is 2.04. The van der Waals surface area contributed by atoms with Gasteiger partial charge in [0.05, 0.1) is 12.3 Å². The molecule has 0 radical (unpaired) electrons. The third-order valence-electron chi connectivity index (χ3n) is 2.70. The van der Waals surface area contributed by atoms with Crippen LogP contribution in [0.15, 0.2) is 30.6 Å². The zero-order valence-corrected chi connectivity index (χ0v) is 9.43. The number of pyridine rings is 1. The fraction of sp³-hybridized carbons (Fsp3) is 0.417. The molecule has 0 aliphatic carbocycles. The summed E-state index contributed by atoms with van der Waals surface area (Å²) in [5.41, 5.74) is 1.95. The molecule has 1 atom stereocenters. The van der Waals surface area contributed by atoms with Crippen molar-refractivity contribution in [2.24, 2.45) is 0 Å². The van der Waals surface area contributed by atoms with Crippen LogP contribution in [0.3, 0.4) is 0 Å². The molecule has 4 heteroatoms. The monoisotopic (exact) mass is 219 g/mol. The van der Waals surface area contributed by atoms with Gasteiger partial charge in [0, 0.05) is 25.0 Å². The van der Waals surface area contributed by atoms with E-state index in [-0.39, 0.29) is 12.6 Å². The second kappa shape index (κ2) is 5.09. The highest BCUT2D eigenvalue weighted by Gasteiger charge is 2.05. The minimum absolute atomic E-state index is 0.157. The summed E-state index contributed by atoms with van der Waals surface area (Å²) in [5.74, 6) is 0. The Bertz CT molecular complexity index is 415. The van der Waals surface area contributed by atoms with Crippen molar-refractivity contribution in [1.82, 2.24) is 14.7 Å². The van der Waals surface area contributed by atoms with E-state index >= 15 is 0 Å². The summed E-state index contributed by atoms with van der Waals surface area (Å²) in [6.45, 7) is 2.92. The van der Waals surface area contributed by atoms with E-state index in [1.165, 1.54) is 0 Å². The van der Waals surface area contributed by atoms with Crippen molar-refractivity contribution in [2.45, 2.75) is 25.9 Å². The maximum absolute atomic E-state index is 9.06. The summed E-state index contributed by atoms with van der Waals surface area (Å²) >= 11 is 0. The number of hydrogen-bond acceptors (Lipinski definition) is 3. The second-order valence-electron chi connectivity index (χ2n) is 3.87. The van der Waals surface area contributed by atoms with Gasteiger partial charge in [-0.25, -0.2) is 4.98 Å². The number of aromatic nitrogens is 2. The summed E-state index contributed by atoms with van der Waals surface area (Å²) in [4.78, 5) is 4.47. The first-order chi connectivity index (χ1) is 7.83. The zero-order valence-electron chi connectivity index (χ0n) is 9.43. The smallest absolute Gasteiger partial charge is 0.137 e. The molecule has 2 aromatic rings. The Kier molecular flexibility index (Phi) is 3.54. The van der Waals surface area contributed by atoms with E-state index < -0.39 is 0 Å². The Morgan fingerprint density at radius 2 is 2.38 bits per heavy atom. The molecule has 0 aliphatic heterocycles. The van der Waals surface area contributed by atoms with E-state index in [9.17, 15) is 0 Å². The van der Waals surface area contributed by atoms with Gasteiger partial charge in [-0.2, -0.15) is 0 Å². The van der Waals surface area contributed by atoms with Gasteiger partial charge in [0.1, 0.15) is 5.65 Å². The molecule has 0 spiro atoms. The van der Waals surface area contributed by atoms with Gasteiger partial charge >= 0.3 is 0 Å². The molecule has 4 nitrogen and oxygen atoms in total. The first-order valence-corrected chi connectivity index (χ1v) is 5.60. The predicted octanol–water partition coefficient (Wildman–Crippen LogP) is 1.19. The maximum atomic E-state index is 9.06. The first kappa shape index (κ1) is 11.1. The lowest BCUT2D eigenvalue weighted by Crippen LogP contribution is -2.31. The van der Waals surface area contributed by atoms with Crippen LogP contribution in [-0.4, -0.2) is 27.1 Å². The standard InChI is InChI=1S/C12H17N3O/c1-2-10(9-16)13-7-11-8-15-6-4-3-5-12(15)14-11/h3-6,8,10,13,16H,2,7,9H2,1H3/t10-/m0/s1. The minimum Gasteiger partial charge on any atom is -0.395 e. The van der Waals surface area contributed by atoms with Crippen LogP contribution in [-0.2, 0) is 6.54 Å². The van der Waals surface area contributed by atoms with Gasteiger partial charge in [-0.15, -0.1) is 0 Å². The van der Waals surface area contributed by atoms with E-state index in [2.05, 4.69) is 17.2 Å². The number of nitrogens with zero attached hydrogens (tertiary/aromatic N) is 2. The molecule has 2 heterocycles. The molecule has 16 heavy (non-hydrogen) atoms. The highest BCUT2D eigenvalue weighted by atomic mass is 16.3. The summed E-state index contributed by atoms with van der Waals surface area (Å²) < 4.78 is 2.00. The quantitative estimate of drug-likeness (QED) is 0.794. The molecule has 0 fully saturated rings. The van der Waals surface area contributed by atoms with Crippen molar-refractivity contribution in [1.29, 1.82) is 0 Å². The summed E-state index contributed by atoms with van der Waals surface area (Å²) in [6.07, 6.45) is 4.91. The number of aliphatic hydroxyl groups excluding tert-OH is 1. The fourth-order valence-corrected chi connectivity index (χ4v) is 1.66. The molecular weight excluding hydrogens is 202 g/mol. The molecule has 2 N–H and O–H groups in total. The van der Waals surface area contributed by atoms with E-state index in [4.69, 9.17) is 5.11 Å². The summed E-state index contributed by atoms with van der Waals surface area (Å²) in [6, 6.07) is 6.09. The van der Waals surface area contributed by atoms with Crippen molar-refractivity contribution in [3.8, 4) is 0 Å². The summed E-state index contributed by atoms with van der Waals surface area (Å²) in [7, 11) is 0. The number of rotatable bonds is 5. The van der Waals surface area contributed by atoms with Gasteiger partial charge in [-0.3, -0.25) is 0 Å². The van der Waals surface area contributed by atoms with Crippen molar-refractivity contribution in [3.05, 3.63) is 36.3 Å². The van der Waals surface area contributed by atoms with Crippen LogP contribution in [0.25, 0.3) is 5.65 Å². The van der Waals surface area contributed by atoms with E-state index in [1.807, 2.05) is 35.0 Å². The van der Waals surface area contributed by atoms with Gasteiger partial charge in [0.2, 0.25) is 0 Å². The third-order valence-corrected chi connectivity index (χ3v) is 2.70. The molecular formula is C12H17N3O. The predicted molar refractivity (Wildman–Crippen MR) is 63.2 cm³/mol. The van der Waals surface area contributed by atoms with Crippen LogP contribution in [0.1, 0.15) is 19.0 Å². The second-order valence-corrected chi connectivity index (χ2v) is 3.87. The van der Waals surface area contributed by atoms with Gasteiger partial charge in [0.15, 0.2) is 0 Å². The lowest BCUT2D eigenvalue weighted by molar-refractivity contribution is 0.238. The Morgan fingerprint density at radius 1 is 1.50 bits per heavy atom. The third kappa shape index (κ3) is 2.40.